The van der Waals surface area contributed by atoms with Crippen molar-refractivity contribution in [1.29, 1.82) is 0 Å². The molecule has 13 heavy (non-hydrogen) atoms. The fourth-order valence-corrected chi connectivity index (χ4v) is 0.660. The van der Waals surface area contributed by atoms with Crippen LogP contribution in [-0.2, 0) is 0 Å². The van der Waals surface area contributed by atoms with Gasteiger partial charge in [0.2, 0.25) is 0 Å². The van der Waals surface area contributed by atoms with Gasteiger partial charge in [0.25, 0.3) is 0 Å². The molecule has 0 bridgehead atoms. The minimum atomic E-state index is -2.62. The second kappa shape index (κ2) is 6.57. The molecule has 4 nitrogen and oxygen atoms in total. The van der Waals surface area contributed by atoms with Gasteiger partial charge in [-0.2, -0.15) is 0 Å². The molecule has 72 valence electrons. The lowest BCUT2D eigenvalue weighted by molar-refractivity contribution is 0.368. The number of hydrogen-bond donors (Lipinski definition) is 4. The summed E-state index contributed by atoms with van der Waals surface area (Å²) in [6.45, 7) is 3.53. The Morgan fingerprint density at radius 2 is 1.62 bits per heavy atom. The van der Waals surface area contributed by atoms with Crippen molar-refractivity contribution in [2.24, 2.45) is 0 Å². The Hall–Kier alpha value is -0.930. The SMILES string of the molecule is C=Cc1ccccc1O.OP(O)O. The molecule has 0 amide bonds. The van der Waals surface area contributed by atoms with E-state index in [2.05, 4.69) is 6.58 Å². The average Bonchev–Trinajstić information content (AvgIpc) is 2.04. The van der Waals surface area contributed by atoms with Gasteiger partial charge in [0.15, 0.2) is 0 Å². The second-order valence-electron chi connectivity index (χ2n) is 2.03. The Morgan fingerprint density at radius 3 is 1.92 bits per heavy atom. The van der Waals surface area contributed by atoms with Crippen molar-refractivity contribution in [2.75, 3.05) is 0 Å². The van der Waals surface area contributed by atoms with Crippen LogP contribution in [0.2, 0.25) is 0 Å². The zero-order chi connectivity index (χ0) is 10.3. The summed E-state index contributed by atoms with van der Waals surface area (Å²) in [6, 6.07) is 7.08. The predicted octanol–water partition coefficient (Wildman–Crippen LogP) is 1.23. The lowest BCUT2D eigenvalue weighted by Crippen LogP contribution is -1.69. The van der Waals surface area contributed by atoms with Crippen LogP contribution >= 0.6 is 8.60 Å². The molecule has 0 unspecified atom stereocenters. The maximum absolute atomic E-state index is 9.04. The van der Waals surface area contributed by atoms with Crippen LogP contribution in [0.15, 0.2) is 30.8 Å². The molecule has 0 heterocycles. The zero-order valence-electron chi connectivity index (χ0n) is 6.83. The normalized spacial score (nSPS) is 8.92. The molecule has 0 aliphatic rings. The highest BCUT2D eigenvalue weighted by atomic mass is 31.2. The van der Waals surface area contributed by atoms with Crippen LogP contribution in [0.5, 0.6) is 5.75 Å². The van der Waals surface area contributed by atoms with E-state index >= 15 is 0 Å². The number of phenols is 1. The van der Waals surface area contributed by atoms with Crippen molar-refractivity contribution in [3.05, 3.63) is 36.4 Å². The Balaban J connectivity index is 0.000000310. The van der Waals surface area contributed by atoms with Gasteiger partial charge in [-0.05, 0) is 6.07 Å². The maximum atomic E-state index is 9.04. The summed E-state index contributed by atoms with van der Waals surface area (Å²) in [5.41, 5.74) is 0.775. The van der Waals surface area contributed by atoms with E-state index in [1.807, 2.05) is 12.1 Å². The number of hydrogen-bond acceptors (Lipinski definition) is 4. The van der Waals surface area contributed by atoms with Crippen LogP contribution in [0, 0.1) is 0 Å². The van der Waals surface area contributed by atoms with Crippen molar-refractivity contribution in [1.82, 2.24) is 0 Å². The van der Waals surface area contributed by atoms with E-state index in [0.29, 0.717) is 0 Å². The Morgan fingerprint density at radius 1 is 1.15 bits per heavy atom. The van der Waals surface area contributed by atoms with Crippen molar-refractivity contribution in [3.63, 3.8) is 0 Å². The molecular formula is C8H11O4P. The first-order valence-corrected chi connectivity index (χ1v) is 4.55. The summed E-state index contributed by atoms with van der Waals surface area (Å²) in [5, 5.41) is 9.04. The van der Waals surface area contributed by atoms with Crippen molar-refractivity contribution >= 4 is 14.7 Å². The molecular weight excluding hydrogens is 191 g/mol. The lowest BCUT2D eigenvalue weighted by atomic mass is 10.2. The van der Waals surface area contributed by atoms with Gasteiger partial charge >= 0.3 is 8.60 Å². The summed E-state index contributed by atoms with van der Waals surface area (Å²) in [7, 11) is -2.62. The van der Waals surface area contributed by atoms with Gasteiger partial charge < -0.3 is 19.8 Å². The molecule has 0 saturated heterocycles. The Labute approximate surface area is 77.4 Å². The summed E-state index contributed by atoms with van der Waals surface area (Å²) in [5.74, 6) is 0.285. The first kappa shape index (κ1) is 12.1. The van der Waals surface area contributed by atoms with Gasteiger partial charge in [0, 0.05) is 5.56 Å². The maximum Gasteiger partial charge on any atom is 0.324 e. The predicted molar refractivity (Wildman–Crippen MR) is 51.8 cm³/mol. The van der Waals surface area contributed by atoms with Gasteiger partial charge in [-0.25, -0.2) is 0 Å². The fourth-order valence-electron chi connectivity index (χ4n) is 0.660. The average molecular weight is 202 g/mol. The molecule has 0 radical (unpaired) electrons. The van der Waals surface area contributed by atoms with Crippen LogP contribution in [0.1, 0.15) is 5.56 Å². The first-order valence-electron chi connectivity index (χ1n) is 3.35. The summed E-state index contributed by atoms with van der Waals surface area (Å²) >= 11 is 0. The highest BCUT2D eigenvalue weighted by molar-refractivity contribution is 7.38. The van der Waals surface area contributed by atoms with Gasteiger partial charge in [-0.1, -0.05) is 30.9 Å². The van der Waals surface area contributed by atoms with E-state index in [4.69, 9.17) is 19.8 Å². The lowest BCUT2D eigenvalue weighted by Gasteiger charge is -1.93. The number of phenolic OH excluding ortho intramolecular Hbond substituents is 1. The molecule has 1 aromatic carbocycles. The van der Waals surface area contributed by atoms with Gasteiger partial charge in [0.05, 0.1) is 0 Å². The first-order chi connectivity index (χ1) is 6.07. The molecule has 5 heteroatoms. The monoisotopic (exact) mass is 202 g/mol. The third kappa shape index (κ3) is 6.25. The van der Waals surface area contributed by atoms with E-state index in [1.165, 1.54) is 0 Å². The number of aromatic hydroxyl groups is 1. The quantitative estimate of drug-likeness (QED) is 0.516. The smallest absolute Gasteiger partial charge is 0.324 e. The van der Waals surface area contributed by atoms with E-state index in [1.54, 1.807) is 18.2 Å². The van der Waals surface area contributed by atoms with Crippen molar-refractivity contribution < 1.29 is 19.8 Å². The standard InChI is InChI=1S/C8H8O.H3O3P/c1-2-7-5-3-4-6-8(7)9;1-4(2)3/h2-6,9H,1H2;1-3H. The van der Waals surface area contributed by atoms with Crippen molar-refractivity contribution in [3.8, 4) is 5.75 Å². The largest absolute Gasteiger partial charge is 0.507 e. The number of para-hydroxylation sites is 1. The van der Waals surface area contributed by atoms with Gasteiger partial charge in [0.1, 0.15) is 5.75 Å². The molecule has 0 atom stereocenters. The molecule has 4 N–H and O–H groups in total. The molecule has 0 saturated carbocycles. The molecule has 1 rings (SSSR count). The molecule has 0 aliphatic heterocycles. The molecule has 0 spiro atoms. The van der Waals surface area contributed by atoms with Crippen LogP contribution in [0.3, 0.4) is 0 Å². The topological polar surface area (TPSA) is 80.9 Å². The van der Waals surface area contributed by atoms with Gasteiger partial charge in [-0.15, -0.1) is 0 Å². The minimum absolute atomic E-state index is 0.285. The van der Waals surface area contributed by atoms with Gasteiger partial charge in [-0.3, -0.25) is 0 Å². The Kier molecular flexibility index (Phi) is 6.10. The molecule has 0 aliphatic carbocycles. The van der Waals surface area contributed by atoms with E-state index in [-0.39, 0.29) is 5.75 Å². The number of benzene rings is 1. The Bertz CT molecular complexity index is 259. The second-order valence-corrected chi connectivity index (χ2v) is 2.57. The van der Waals surface area contributed by atoms with Crippen LogP contribution < -0.4 is 0 Å². The highest BCUT2D eigenvalue weighted by Crippen LogP contribution is 2.15. The third-order valence-electron chi connectivity index (χ3n) is 1.16. The fraction of sp³-hybridized carbons (Fsp3) is 0. The summed E-state index contributed by atoms with van der Waals surface area (Å²) in [4.78, 5) is 21.7. The minimum Gasteiger partial charge on any atom is -0.507 e. The van der Waals surface area contributed by atoms with Crippen LogP contribution in [0.4, 0.5) is 0 Å². The summed E-state index contributed by atoms with van der Waals surface area (Å²) < 4.78 is 0. The van der Waals surface area contributed by atoms with Crippen LogP contribution in [0.25, 0.3) is 6.08 Å². The van der Waals surface area contributed by atoms with E-state index < -0.39 is 8.60 Å². The number of rotatable bonds is 1. The molecule has 0 fully saturated rings. The van der Waals surface area contributed by atoms with E-state index in [0.717, 1.165) is 5.56 Å². The van der Waals surface area contributed by atoms with Crippen LogP contribution in [-0.4, -0.2) is 19.8 Å². The van der Waals surface area contributed by atoms with E-state index in [9.17, 15) is 0 Å². The summed E-state index contributed by atoms with van der Waals surface area (Å²) in [6.07, 6.45) is 1.62. The third-order valence-corrected chi connectivity index (χ3v) is 1.16. The highest BCUT2D eigenvalue weighted by Gasteiger charge is 1.89. The molecule has 1 aromatic rings. The molecule has 0 aromatic heterocycles. The zero-order valence-corrected chi connectivity index (χ0v) is 7.72. The van der Waals surface area contributed by atoms with Crippen molar-refractivity contribution in [2.45, 2.75) is 0 Å².